The van der Waals surface area contributed by atoms with Gasteiger partial charge in [-0.15, -0.1) is 11.3 Å². The minimum absolute atomic E-state index is 0.251. The van der Waals surface area contributed by atoms with E-state index in [9.17, 15) is 4.79 Å². The Morgan fingerprint density at radius 3 is 3.27 bits per heavy atom. The third-order valence-electron chi connectivity index (χ3n) is 2.26. The smallest absolute Gasteiger partial charge is 0.175 e. The number of Topliss-reactive ketones (excluding diaryl/α,β-unsaturated/α-hetero) is 1. The van der Waals surface area contributed by atoms with Gasteiger partial charge in [-0.05, 0) is 29.9 Å². The van der Waals surface area contributed by atoms with Crippen molar-refractivity contribution in [3.63, 3.8) is 0 Å². The fraction of sp³-hybridized carbons (Fsp3) is 0.444. The van der Waals surface area contributed by atoms with E-state index in [0.717, 1.165) is 17.7 Å². The van der Waals surface area contributed by atoms with Crippen LogP contribution in [-0.4, -0.2) is 5.78 Å². The number of hydrogen-bond acceptors (Lipinski definition) is 2. The summed E-state index contributed by atoms with van der Waals surface area (Å²) in [4.78, 5) is 12.5. The Bertz CT molecular complexity index is 288. The van der Waals surface area contributed by atoms with Crippen LogP contribution in [0.4, 0.5) is 0 Å². The van der Waals surface area contributed by atoms with Gasteiger partial charge in [0, 0.05) is 5.92 Å². The van der Waals surface area contributed by atoms with Crippen molar-refractivity contribution in [3.05, 3.63) is 21.9 Å². The number of carbonyl (C=O) groups excluding carboxylic acids is 1. The van der Waals surface area contributed by atoms with Crippen molar-refractivity contribution in [2.24, 2.45) is 5.92 Å². The zero-order chi connectivity index (χ0) is 7.84. The van der Waals surface area contributed by atoms with Crippen LogP contribution in [0.5, 0.6) is 0 Å². The van der Waals surface area contributed by atoms with Crippen molar-refractivity contribution in [1.82, 2.24) is 0 Å². The van der Waals surface area contributed by atoms with Gasteiger partial charge in [0.15, 0.2) is 5.78 Å². The summed E-state index contributed by atoms with van der Waals surface area (Å²) in [5.41, 5.74) is 1.26. The Morgan fingerprint density at radius 2 is 2.45 bits per heavy atom. The largest absolute Gasteiger partial charge is 0.293 e. The first-order valence-electron chi connectivity index (χ1n) is 3.89. The molecule has 0 aromatic carbocycles. The molecular formula is C9H10OS. The number of fused-ring (bicyclic) bond motifs is 1. The molecule has 1 heterocycles. The molecule has 0 aliphatic heterocycles. The fourth-order valence-electron chi connectivity index (χ4n) is 1.48. The molecule has 0 bridgehead atoms. The number of ketones is 1. The molecule has 1 atom stereocenters. The maximum Gasteiger partial charge on any atom is 0.175 e. The second-order valence-corrected chi connectivity index (χ2v) is 4.00. The summed E-state index contributed by atoms with van der Waals surface area (Å²) < 4.78 is 0. The standard InChI is InChI=1S/C9H10OS/c1-6-2-3-7-4-5-11-9(7)8(6)10/h4-6H,2-3H2,1H3. The minimum atomic E-state index is 0.251. The Morgan fingerprint density at radius 1 is 1.64 bits per heavy atom. The van der Waals surface area contributed by atoms with Crippen molar-refractivity contribution in [1.29, 1.82) is 0 Å². The van der Waals surface area contributed by atoms with Gasteiger partial charge in [0.05, 0.1) is 4.88 Å². The Balaban J connectivity index is 2.46. The summed E-state index contributed by atoms with van der Waals surface area (Å²) in [7, 11) is 0. The first kappa shape index (κ1) is 7.04. The lowest BCUT2D eigenvalue weighted by Gasteiger charge is -2.15. The summed E-state index contributed by atoms with van der Waals surface area (Å²) in [5.74, 6) is 0.599. The average Bonchev–Trinajstić information content (AvgIpc) is 2.45. The minimum Gasteiger partial charge on any atom is -0.293 e. The van der Waals surface area contributed by atoms with E-state index in [4.69, 9.17) is 0 Å². The zero-order valence-corrected chi connectivity index (χ0v) is 7.28. The highest BCUT2D eigenvalue weighted by Gasteiger charge is 2.24. The van der Waals surface area contributed by atoms with Crippen LogP contribution in [0, 0.1) is 5.92 Å². The number of thiophene rings is 1. The molecule has 11 heavy (non-hydrogen) atoms. The SMILES string of the molecule is CC1CCc2ccsc2C1=O. The topological polar surface area (TPSA) is 17.1 Å². The fourth-order valence-corrected chi connectivity index (χ4v) is 2.48. The summed E-state index contributed by atoms with van der Waals surface area (Å²) in [5, 5.41) is 2.01. The number of rotatable bonds is 0. The van der Waals surface area contributed by atoms with E-state index >= 15 is 0 Å². The molecule has 2 heteroatoms. The van der Waals surface area contributed by atoms with Crippen molar-refractivity contribution in [3.8, 4) is 0 Å². The van der Waals surface area contributed by atoms with E-state index in [2.05, 4.69) is 6.07 Å². The number of aryl methyl sites for hydroxylation is 1. The molecule has 2 rings (SSSR count). The number of hydrogen-bond donors (Lipinski definition) is 0. The van der Waals surface area contributed by atoms with Crippen molar-refractivity contribution >= 4 is 17.1 Å². The van der Waals surface area contributed by atoms with Gasteiger partial charge < -0.3 is 0 Å². The van der Waals surface area contributed by atoms with E-state index < -0.39 is 0 Å². The molecule has 1 aliphatic carbocycles. The molecule has 1 aromatic rings. The average molecular weight is 166 g/mol. The van der Waals surface area contributed by atoms with Crippen molar-refractivity contribution < 1.29 is 4.79 Å². The summed E-state index contributed by atoms with van der Waals surface area (Å²) in [6, 6.07) is 2.07. The third kappa shape index (κ3) is 1.02. The van der Waals surface area contributed by atoms with E-state index in [0.29, 0.717) is 5.78 Å². The van der Waals surface area contributed by atoms with Gasteiger partial charge >= 0.3 is 0 Å². The van der Waals surface area contributed by atoms with Crippen LogP contribution in [-0.2, 0) is 6.42 Å². The van der Waals surface area contributed by atoms with Crippen LogP contribution in [0.1, 0.15) is 28.6 Å². The van der Waals surface area contributed by atoms with E-state index in [1.165, 1.54) is 5.56 Å². The molecule has 1 aromatic heterocycles. The van der Waals surface area contributed by atoms with E-state index in [-0.39, 0.29) is 5.92 Å². The van der Waals surface area contributed by atoms with Gasteiger partial charge in [-0.25, -0.2) is 0 Å². The molecule has 0 fully saturated rings. The highest BCUT2D eigenvalue weighted by molar-refractivity contribution is 7.12. The highest BCUT2D eigenvalue weighted by atomic mass is 32.1. The number of carbonyl (C=O) groups is 1. The van der Waals surface area contributed by atoms with Crippen LogP contribution in [0.25, 0.3) is 0 Å². The lowest BCUT2D eigenvalue weighted by atomic mass is 9.89. The van der Waals surface area contributed by atoms with Crippen LogP contribution in [0.15, 0.2) is 11.4 Å². The highest BCUT2D eigenvalue weighted by Crippen LogP contribution is 2.28. The quantitative estimate of drug-likeness (QED) is 0.578. The van der Waals surface area contributed by atoms with Crippen LogP contribution < -0.4 is 0 Å². The van der Waals surface area contributed by atoms with Crippen molar-refractivity contribution in [2.45, 2.75) is 19.8 Å². The predicted molar refractivity (Wildman–Crippen MR) is 46.1 cm³/mol. The van der Waals surface area contributed by atoms with Crippen LogP contribution in [0.2, 0.25) is 0 Å². The Labute approximate surface area is 70.1 Å². The molecule has 0 radical (unpaired) electrons. The first-order chi connectivity index (χ1) is 5.29. The molecule has 0 saturated carbocycles. The first-order valence-corrected chi connectivity index (χ1v) is 4.77. The maximum atomic E-state index is 11.5. The molecule has 0 N–H and O–H groups in total. The molecule has 0 spiro atoms. The Kier molecular flexibility index (Phi) is 1.57. The van der Waals surface area contributed by atoms with Crippen LogP contribution >= 0.6 is 11.3 Å². The van der Waals surface area contributed by atoms with Crippen molar-refractivity contribution in [2.75, 3.05) is 0 Å². The summed E-state index contributed by atoms with van der Waals surface area (Å²) in [6.07, 6.45) is 2.12. The van der Waals surface area contributed by atoms with Gasteiger partial charge in [0.1, 0.15) is 0 Å². The zero-order valence-electron chi connectivity index (χ0n) is 6.46. The summed E-state index contributed by atoms with van der Waals surface area (Å²) >= 11 is 1.59. The van der Waals surface area contributed by atoms with Crippen LogP contribution in [0.3, 0.4) is 0 Å². The molecule has 1 nitrogen and oxygen atoms in total. The molecule has 1 aliphatic rings. The van der Waals surface area contributed by atoms with Gasteiger partial charge in [-0.2, -0.15) is 0 Å². The lowest BCUT2D eigenvalue weighted by Crippen LogP contribution is -2.17. The van der Waals surface area contributed by atoms with Gasteiger partial charge in [0.2, 0.25) is 0 Å². The molecular weight excluding hydrogens is 156 g/mol. The van der Waals surface area contributed by atoms with Gasteiger partial charge in [-0.3, -0.25) is 4.79 Å². The Hall–Kier alpha value is -0.630. The third-order valence-corrected chi connectivity index (χ3v) is 3.24. The lowest BCUT2D eigenvalue weighted by molar-refractivity contribution is 0.0918. The normalized spacial score (nSPS) is 23.4. The maximum absolute atomic E-state index is 11.5. The monoisotopic (exact) mass is 166 g/mol. The summed E-state index contributed by atoms with van der Waals surface area (Å²) in [6.45, 7) is 2.02. The second-order valence-electron chi connectivity index (χ2n) is 3.08. The predicted octanol–water partition coefficient (Wildman–Crippen LogP) is 2.51. The van der Waals surface area contributed by atoms with Gasteiger partial charge in [-0.1, -0.05) is 6.92 Å². The van der Waals surface area contributed by atoms with E-state index in [1.807, 2.05) is 12.3 Å². The van der Waals surface area contributed by atoms with E-state index in [1.54, 1.807) is 11.3 Å². The van der Waals surface area contributed by atoms with Gasteiger partial charge in [0.25, 0.3) is 0 Å². The molecule has 0 amide bonds. The molecule has 0 saturated heterocycles. The molecule has 58 valence electrons. The second kappa shape index (κ2) is 2.45. The molecule has 1 unspecified atom stereocenters.